The second-order valence-corrected chi connectivity index (χ2v) is 8.74. The molecule has 0 spiro atoms. The summed E-state index contributed by atoms with van der Waals surface area (Å²) in [5, 5.41) is 9.46. The summed E-state index contributed by atoms with van der Waals surface area (Å²) < 4.78 is 0. The van der Waals surface area contributed by atoms with Crippen molar-refractivity contribution in [3.05, 3.63) is 102 Å². The van der Waals surface area contributed by atoms with E-state index in [1.54, 1.807) is 18.3 Å². The van der Waals surface area contributed by atoms with E-state index >= 15 is 0 Å². The second-order valence-electron chi connectivity index (χ2n) is 8.74. The molecule has 0 aliphatic heterocycles. The lowest BCUT2D eigenvalue weighted by atomic mass is 10.1. The van der Waals surface area contributed by atoms with Crippen LogP contribution >= 0.6 is 0 Å². The van der Waals surface area contributed by atoms with Gasteiger partial charge in [0.15, 0.2) is 0 Å². The molecule has 4 rings (SSSR count). The molecule has 6 heteroatoms. The van der Waals surface area contributed by atoms with Crippen molar-refractivity contribution in [2.45, 2.75) is 50.2 Å². The smallest absolute Gasteiger partial charge is 0.251 e. The lowest BCUT2D eigenvalue weighted by Gasteiger charge is -2.19. The van der Waals surface area contributed by atoms with E-state index in [1.807, 2.05) is 42.5 Å². The molecule has 6 nitrogen and oxygen atoms in total. The Balaban J connectivity index is 1.24. The van der Waals surface area contributed by atoms with E-state index < -0.39 is 6.04 Å². The lowest BCUT2D eigenvalue weighted by molar-refractivity contribution is -0.123. The first kappa shape index (κ1) is 23.6. The summed E-state index contributed by atoms with van der Waals surface area (Å²) in [5.74, 6) is 0.186. The first-order valence-electron chi connectivity index (χ1n) is 12.0. The number of pyridine rings is 1. The summed E-state index contributed by atoms with van der Waals surface area (Å²) in [6.07, 6.45) is 5.25. The normalized spacial score (nSPS) is 17.5. The molecule has 1 heterocycles. The van der Waals surface area contributed by atoms with Gasteiger partial charge in [-0.05, 0) is 62.1 Å². The van der Waals surface area contributed by atoms with Gasteiger partial charge in [0.25, 0.3) is 5.91 Å². The molecule has 1 saturated carbocycles. The number of unbranched alkanes of at least 4 members (excludes halogenated alkanes) is 1. The molecule has 176 valence electrons. The van der Waals surface area contributed by atoms with Gasteiger partial charge in [0, 0.05) is 23.7 Å². The highest BCUT2D eigenvalue weighted by Gasteiger charge is 2.37. The maximum absolute atomic E-state index is 12.9. The summed E-state index contributed by atoms with van der Waals surface area (Å²) in [7, 11) is 0. The van der Waals surface area contributed by atoms with Crippen molar-refractivity contribution in [3.8, 4) is 0 Å². The Labute approximate surface area is 201 Å². The molecular formula is C28H32N4O2. The van der Waals surface area contributed by atoms with Crippen LogP contribution in [0.4, 0.5) is 0 Å². The van der Waals surface area contributed by atoms with Crippen LogP contribution in [0.1, 0.15) is 53.2 Å². The van der Waals surface area contributed by atoms with Crippen molar-refractivity contribution in [1.29, 1.82) is 0 Å². The fraction of sp³-hybridized carbons (Fsp3) is 0.321. The average Bonchev–Trinajstić information content (AvgIpc) is 3.67. The van der Waals surface area contributed by atoms with Crippen LogP contribution in [0.25, 0.3) is 0 Å². The highest BCUT2D eigenvalue weighted by molar-refractivity contribution is 5.97. The molecule has 34 heavy (non-hydrogen) atoms. The third-order valence-electron chi connectivity index (χ3n) is 6.17. The van der Waals surface area contributed by atoms with Crippen molar-refractivity contribution in [1.82, 2.24) is 20.9 Å². The quantitative estimate of drug-likeness (QED) is 0.362. The standard InChI is InChI=1S/C28H32N4O2/c33-27(22-13-5-2-6-14-22)32-25(28(34)31-20-23-15-7-9-17-29-23)16-8-10-18-30-26-19-24(26)21-11-3-1-4-12-21/h1-7,9,11-15,17,24-26,30H,8,10,16,18-20H2,(H,31,34)(H,32,33). The van der Waals surface area contributed by atoms with Gasteiger partial charge in [-0.25, -0.2) is 0 Å². The van der Waals surface area contributed by atoms with Gasteiger partial charge in [-0.1, -0.05) is 54.6 Å². The largest absolute Gasteiger partial charge is 0.349 e. The summed E-state index contributed by atoms with van der Waals surface area (Å²) in [6.45, 7) is 1.24. The number of rotatable bonds is 12. The van der Waals surface area contributed by atoms with Gasteiger partial charge < -0.3 is 16.0 Å². The maximum atomic E-state index is 12.9. The Morgan fingerprint density at radius 2 is 1.65 bits per heavy atom. The molecule has 2 aromatic carbocycles. The van der Waals surface area contributed by atoms with E-state index in [0.29, 0.717) is 30.5 Å². The SMILES string of the molecule is O=C(NC(CCCCNC1CC1c1ccccc1)C(=O)NCc1ccccn1)c1ccccc1. The highest BCUT2D eigenvalue weighted by Crippen LogP contribution is 2.40. The molecule has 0 saturated heterocycles. The monoisotopic (exact) mass is 456 g/mol. The molecule has 1 aliphatic rings. The number of carbonyl (C=O) groups excluding carboxylic acids is 2. The number of hydrogen-bond donors (Lipinski definition) is 3. The number of aromatic nitrogens is 1. The van der Waals surface area contributed by atoms with Crippen molar-refractivity contribution in [2.75, 3.05) is 6.54 Å². The van der Waals surface area contributed by atoms with Gasteiger partial charge in [-0.2, -0.15) is 0 Å². The zero-order valence-electron chi connectivity index (χ0n) is 19.3. The topological polar surface area (TPSA) is 83.1 Å². The maximum Gasteiger partial charge on any atom is 0.251 e. The van der Waals surface area contributed by atoms with Crippen molar-refractivity contribution in [3.63, 3.8) is 0 Å². The van der Waals surface area contributed by atoms with E-state index in [0.717, 1.165) is 25.1 Å². The molecule has 0 radical (unpaired) electrons. The Morgan fingerprint density at radius 3 is 2.38 bits per heavy atom. The van der Waals surface area contributed by atoms with Crippen molar-refractivity contribution >= 4 is 11.8 Å². The third kappa shape index (κ3) is 6.99. The number of nitrogens with one attached hydrogen (secondary N) is 3. The molecule has 3 atom stereocenters. The van der Waals surface area contributed by atoms with E-state index in [4.69, 9.17) is 0 Å². The van der Waals surface area contributed by atoms with Gasteiger partial charge in [0.05, 0.1) is 12.2 Å². The van der Waals surface area contributed by atoms with Crippen molar-refractivity contribution < 1.29 is 9.59 Å². The fourth-order valence-corrected chi connectivity index (χ4v) is 4.15. The third-order valence-corrected chi connectivity index (χ3v) is 6.17. The lowest BCUT2D eigenvalue weighted by Crippen LogP contribution is -2.46. The first-order chi connectivity index (χ1) is 16.7. The van der Waals surface area contributed by atoms with Gasteiger partial charge in [-0.3, -0.25) is 14.6 Å². The molecule has 2 amide bonds. The number of nitrogens with zero attached hydrogens (tertiary/aromatic N) is 1. The minimum atomic E-state index is -0.589. The minimum absolute atomic E-state index is 0.186. The van der Waals surface area contributed by atoms with Crippen LogP contribution < -0.4 is 16.0 Å². The molecule has 1 fully saturated rings. The molecule has 3 unspecified atom stereocenters. The van der Waals surface area contributed by atoms with Crippen LogP contribution in [0.5, 0.6) is 0 Å². The molecule has 3 N–H and O–H groups in total. The van der Waals surface area contributed by atoms with Crippen LogP contribution in [-0.2, 0) is 11.3 Å². The zero-order chi connectivity index (χ0) is 23.6. The molecule has 0 bridgehead atoms. The number of hydrogen-bond acceptors (Lipinski definition) is 4. The van der Waals surface area contributed by atoms with Crippen LogP contribution in [-0.4, -0.2) is 35.4 Å². The summed E-state index contributed by atoms with van der Waals surface area (Å²) in [4.78, 5) is 29.8. The Morgan fingerprint density at radius 1 is 0.912 bits per heavy atom. The summed E-state index contributed by atoms with van der Waals surface area (Å²) in [5.41, 5.74) is 2.73. The van der Waals surface area contributed by atoms with Gasteiger partial charge >= 0.3 is 0 Å². The molecule has 1 aliphatic carbocycles. The van der Waals surface area contributed by atoms with E-state index in [9.17, 15) is 9.59 Å². The summed E-state index contributed by atoms with van der Waals surface area (Å²) in [6, 6.07) is 25.2. The predicted octanol–water partition coefficient (Wildman–Crippen LogP) is 3.81. The fourth-order valence-electron chi connectivity index (χ4n) is 4.15. The average molecular weight is 457 g/mol. The van der Waals surface area contributed by atoms with Crippen LogP contribution in [0.15, 0.2) is 85.1 Å². The van der Waals surface area contributed by atoms with E-state index in [1.165, 1.54) is 12.0 Å². The van der Waals surface area contributed by atoms with Gasteiger partial charge in [0.2, 0.25) is 5.91 Å². The Hall–Kier alpha value is -3.51. The number of amides is 2. The van der Waals surface area contributed by atoms with Gasteiger partial charge in [0.1, 0.15) is 6.04 Å². The molecular weight excluding hydrogens is 424 g/mol. The zero-order valence-corrected chi connectivity index (χ0v) is 19.3. The van der Waals surface area contributed by atoms with Crippen LogP contribution in [0.2, 0.25) is 0 Å². The van der Waals surface area contributed by atoms with Crippen LogP contribution in [0, 0.1) is 0 Å². The number of benzene rings is 2. The van der Waals surface area contributed by atoms with E-state index in [-0.39, 0.29) is 11.8 Å². The molecule has 3 aromatic rings. The van der Waals surface area contributed by atoms with E-state index in [2.05, 4.69) is 45.2 Å². The second kappa shape index (κ2) is 12.1. The number of carbonyl (C=O) groups is 2. The Bertz CT molecular complexity index is 1040. The minimum Gasteiger partial charge on any atom is -0.349 e. The summed E-state index contributed by atoms with van der Waals surface area (Å²) >= 11 is 0. The first-order valence-corrected chi connectivity index (χ1v) is 12.0. The van der Waals surface area contributed by atoms with Crippen molar-refractivity contribution in [2.24, 2.45) is 0 Å². The predicted molar refractivity (Wildman–Crippen MR) is 133 cm³/mol. The van der Waals surface area contributed by atoms with Gasteiger partial charge in [-0.15, -0.1) is 0 Å². The van der Waals surface area contributed by atoms with Crippen LogP contribution in [0.3, 0.4) is 0 Å². The Kier molecular flexibility index (Phi) is 8.41. The highest BCUT2D eigenvalue weighted by atomic mass is 16.2. The molecule has 1 aromatic heterocycles.